The molecular weight excluding hydrogens is 350 g/mol. The van der Waals surface area contributed by atoms with Gasteiger partial charge in [0.05, 0.1) is 0 Å². The topological polar surface area (TPSA) is 133 Å². The number of nitrogens with two attached hydrogens (primary N) is 2. The number of rotatable bonds is 6. The van der Waals surface area contributed by atoms with Crippen molar-refractivity contribution < 1.29 is 9.53 Å². The van der Waals surface area contributed by atoms with Crippen LogP contribution in [0.25, 0.3) is 0 Å². The van der Waals surface area contributed by atoms with Gasteiger partial charge in [0.15, 0.2) is 0 Å². The molecular formula is C13H21N7O2S2. The van der Waals surface area contributed by atoms with Gasteiger partial charge in [-0.15, -0.1) is 20.4 Å². The molecule has 0 radical (unpaired) electrons. The van der Waals surface area contributed by atoms with E-state index in [4.69, 9.17) is 16.2 Å². The van der Waals surface area contributed by atoms with Crippen molar-refractivity contribution in [2.24, 2.45) is 0 Å². The fourth-order valence-electron chi connectivity index (χ4n) is 1.82. The minimum Gasteiger partial charge on any atom is -0.444 e. The molecule has 0 saturated carbocycles. The van der Waals surface area contributed by atoms with Gasteiger partial charge in [0.1, 0.15) is 15.6 Å². The smallest absolute Gasteiger partial charge is 0.410 e. The van der Waals surface area contributed by atoms with E-state index >= 15 is 0 Å². The molecule has 132 valence electrons. The molecule has 2 aromatic heterocycles. The fraction of sp³-hybridized carbons (Fsp3) is 0.615. The predicted octanol–water partition coefficient (Wildman–Crippen LogP) is 1.58. The predicted molar refractivity (Wildman–Crippen MR) is 93.9 cm³/mol. The zero-order valence-electron chi connectivity index (χ0n) is 13.9. The minimum absolute atomic E-state index is 0.377. The van der Waals surface area contributed by atoms with Gasteiger partial charge in [-0.05, 0) is 20.8 Å². The first-order valence-electron chi connectivity index (χ1n) is 7.36. The Balaban J connectivity index is 1.98. The highest BCUT2D eigenvalue weighted by molar-refractivity contribution is 7.15. The largest absolute Gasteiger partial charge is 0.444 e. The van der Waals surface area contributed by atoms with Crippen molar-refractivity contribution in [2.75, 3.05) is 24.6 Å². The number of anilines is 2. The van der Waals surface area contributed by atoms with Crippen molar-refractivity contribution in [3.05, 3.63) is 10.0 Å². The van der Waals surface area contributed by atoms with Crippen LogP contribution in [-0.2, 0) is 17.6 Å². The summed E-state index contributed by atoms with van der Waals surface area (Å²) in [7, 11) is 0. The summed E-state index contributed by atoms with van der Waals surface area (Å²) in [6.07, 6.45) is 0.746. The van der Waals surface area contributed by atoms with Crippen LogP contribution in [0.5, 0.6) is 0 Å². The molecule has 0 fully saturated rings. The van der Waals surface area contributed by atoms with Crippen LogP contribution in [-0.4, -0.2) is 50.1 Å². The molecule has 2 rings (SSSR count). The van der Waals surface area contributed by atoms with E-state index in [1.807, 2.05) is 20.8 Å². The molecule has 2 heterocycles. The van der Waals surface area contributed by atoms with Crippen molar-refractivity contribution in [2.45, 2.75) is 39.2 Å². The van der Waals surface area contributed by atoms with E-state index in [0.717, 1.165) is 10.0 Å². The SMILES string of the molecule is CC(C)(C)OC(=O)N(CCc1nnc(N)s1)CCc1nnc(N)s1. The van der Waals surface area contributed by atoms with Gasteiger partial charge in [-0.2, -0.15) is 0 Å². The Morgan fingerprint density at radius 2 is 1.46 bits per heavy atom. The first-order chi connectivity index (χ1) is 11.2. The van der Waals surface area contributed by atoms with Crippen molar-refractivity contribution in [3.63, 3.8) is 0 Å². The van der Waals surface area contributed by atoms with Crippen LogP contribution in [0.1, 0.15) is 30.8 Å². The monoisotopic (exact) mass is 371 g/mol. The van der Waals surface area contributed by atoms with Crippen molar-refractivity contribution in [1.82, 2.24) is 25.3 Å². The number of nitrogens with zero attached hydrogens (tertiary/aromatic N) is 5. The van der Waals surface area contributed by atoms with Crippen LogP contribution in [0.4, 0.5) is 15.1 Å². The number of amides is 1. The number of hydrogen-bond acceptors (Lipinski definition) is 10. The van der Waals surface area contributed by atoms with Crippen LogP contribution in [0.3, 0.4) is 0 Å². The Morgan fingerprint density at radius 3 is 1.79 bits per heavy atom. The molecule has 4 N–H and O–H groups in total. The Hall–Kier alpha value is -2.01. The Morgan fingerprint density at radius 1 is 1.00 bits per heavy atom. The van der Waals surface area contributed by atoms with E-state index in [1.54, 1.807) is 4.90 Å². The maximum Gasteiger partial charge on any atom is 0.410 e. The molecule has 0 saturated heterocycles. The van der Waals surface area contributed by atoms with E-state index in [2.05, 4.69) is 20.4 Å². The van der Waals surface area contributed by atoms with E-state index in [9.17, 15) is 4.79 Å². The number of hydrogen-bond donors (Lipinski definition) is 2. The van der Waals surface area contributed by atoms with Crippen LogP contribution < -0.4 is 11.5 Å². The van der Waals surface area contributed by atoms with Crippen LogP contribution in [0.15, 0.2) is 0 Å². The molecule has 0 atom stereocenters. The lowest BCUT2D eigenvalue weighted by atomic mass is 10.2. The van der Waals surface area contributed by atoms with Crippen LogP contribution in [0, 0.1) is 0 Å². The van der Waals surface area contributed by atoms with Gasteiger partial charge in [0.25, 0.3) is 0 Å². The van der Waals surface area contributed by atoms with Gasteiger partial charge in [0.2, 0.25) is 10.3 Å². The summed E-state index contributed by atoms with van der Waals surface area (Å²) in [5.41, 5.74) is 10.6. The maximum absolute atomic E-state index is 12.4. The summed E-state index contributed by atoms with van der Waals surface area (Å²) in [5, 5.41) is 17.9. The molecule has 0 bridgehead atoms. The molecule has 0 aliphatic carbocycles. The molecule has 24 heavy (non-hydrogen) atoms. The second-order valence-corrected chi connectivity index (χ2v) is 8.22. The zero-order valence-corrected chi connectivity index (χ0v) is 15.5. The number of carbonyl (C=O) groups is 1. The second kappa shape index (κ2) is 7.71. The quantitative estimate of drug-likeness (QED) is 0.782. The maximum atomic E-state index is 12.4. The van der Waals surface area contributed by atoms with Gasteiger partial charge in [0, 0.05) is 25.9 Å². The molecule has 2 aromatic rings. The minimum atomic E-state index is -0.560. The number of carbonyl (C=O) groups excluding carboxylic acids is 1. The Bertz CT molecular complexity index is 636. The zero-order chi connectivity index (χ0) is 17.7. The molecule has 11 heteroatoms. The molecule has 0 unspecified atom stereocenters. The fourth-order valence-corrected chi connectivity index (χ4v) is 3.01. The van der Waals surface area contributed by atoms with Gasteiger partial charge < -0.3 is 21.1 Å². The lowest BCUT2D eigenvalue weighted by Gasteiger charge is -2.27. The highest BCUT2D eigenvalue weighted by Gasteiger charge is 2.22. The average Bonchev–Trinajstić information content (AvgIpc) is 3.05. The molecule has 0 aliphatic heterocycles. The highest BCUT2D eigenvalue weighted by atomic mass is 32.1. The van der Waals surface area contributed by atoms with Gasteiger partial charge in [-0.1, -0.05) is 22.7 Å². The summed E-state index contributed by atoms with van der Waals surface area (Å²) in [4.78, 5) is 14.0. The van der Waals surface area contributed by atoms with Gasteiger partial charge in [-0.25, -0.2) is 4.79 Å². The van der Waals surface area contributed by atoms with Crippen molar-refractivity contribution in [3.8, 4) is 0 Å². The van der Waals surface area contributed by atoms with E-state index in [0.29, 0.717) is 36.2 Å². The first kappa shape index (κ1) is 18.3. The number of ether oxygens (including phenoxy) is 1. The summed E-state index contributed by atoms with van der Waals surface area (Å²) >= 11 is 2.62. The van der Waals surface area contributed by atoms with Gasteiger partial charge >= 0.3 is 6.09 Å². The molecule has 0 aromatic carbocycles. The lowest BCUT2D eigenvalue weighted by Crippen LogP contribution is -2.39. The van der Waals surface area contributed by atoms with Gasteiger partial charge in [-0.3, -0.25) is 0 Å². The summed E-state index contributed by atoms with van der Waals surface area (Å²) in [6, 6.07) is 0. The third kappa shape index (κ3) is 5.89. The number of nitrogen functional groups attached to an aromatic ring is 2. The van der Waals surface area contributed by atoms with Crippen molar-refractivity contribution in [1.29, 1.82) is 0 Å². The number of aromatic nitrogens is 4. The summed E-state index contributed by atoms with van der Waals surface area (Å²) in [5.74, 6) is 0. The summed E-state index contributed by atoms with van der Waals surface area (Å²) in [6.45, 7) is 6.41. The Kier molecular flexibility index (Phi) is 5.89. The lowest BCUT2D eigenvalue weighted by molar-refractivity contribution is 0.0254. The third-order valence-electron chi connectivity index (χ3n) is 2.81. The first-order valence-corrected chi connectivity index (χ1v) is 9.00. The molecule has 1 amide bonds. The average molecular weight is 371 g/mol. The summed E-state index contributed by atoms with van der Waals surface area (Å²) < 4.78 is 5.46. The van der Waals surface area contributed by atoms with Crippen LogP contribution in [0.2, 0.25) is 0 Å². The van der Waals surface area contributed by atoms with E-state index in [1.165, 1.54) is 22.7 Å². The third-order valence-corrected chi connectivity index (χ3v) is 4.43. The van der Waals surface area contributed by atoms with Crippen LogP contribution >= 0.6 is 22.7 Å². The molecule has 9 nitrogen and oxygen atoms in total. The Labute approximate surface area is 148 Å². The van der Waals surface area contributed by atoms with E-state index < -0.39 is 5.60 Å². The normalized spacial score (nSPS) is 11.5. The second-order valence-electron chi connectivity index (χ2n) is 6.04. The highest BCUT2D eigenvalue weighted by Crippen LogP contribution is 2.16. The standard InChI is InChI=1S/C13H21N7O2S2/c1-13(2,3)22-12(21)20(6-4-8-16-18-10(14)23-8)7-5-9-17-19-11(15)24-9/h4-7H2,1-3H3,(H2,14,18)(H2,15,19). The van der Waals surface area contributed by atoms with E-state index in [-0.39, 0.29) is 6.09 Å². The van der Waals surface area contributed by atoms with Crippen molar-refractivity contribution >= 4 is 39.0 Å². The molecule has 0 spiro atoms. The molecule has 0 aliphatic rings.